The maximum absolute atomic E-state index is 11.6. The van der Waals surface area contributed by atoms with Crippen LogP contribution in [0.3, 0.4) is 0 Å². The molecule has 0 aromatic heterocycles. The van der Waals surface area contributed by atoms with Crippen molar-refractivity contribution in [3.63, 3.8) is 0 Å². The van der Waals surface area contributed by atoms with Crippen LogP contribution in [0.15, 0.2) is 24.3 Å². The Morgan fingerprint density at radius 3 is 2.65 bits per heavy atom. The van der Waals surface area contributed by atoms with Gasteiger partial charge in [-0.25, -0.2) is 8.42 Å². The number of hydrogen-bond acceptors (Lipinski definition) is 4. The van der Waals surface area contributed by atoms with Gasteiger partial charge in [0.1, 0.15) is 0 Å². The molecule has 1 saturated heterocycles. The largest absolute Gasteiger partial charge is 0.312 e. The molecule has 1 N–H and O–H groups in total. The van der Waals surface area contributed by atoms with Crippen LogP contribution >= 0.6 is 0 Å². The zero-order valence-electron chi connectivity index (χ0n) is 12.3. The minimum Gasteiger partial charge on any atom is -0.312 e. The van der Waals surface area contributed by atoms with E-state index in [2.05, 4.69) is 48.5 Å². The summed E-state index contributed by atoms with van der Waals surface area (Å²) in [6.45, 7) is 4.48. The van der Waals surface area contributed by atoms with E-state index in [0.29, 0.717) is 6.54 Å². The van der Waals surface area contributed by atoms with Crippen molar-refractivity contribution >= 4 is 9.84 Å². The lowest BCUT2D eigenvalue weighted by atomic mass is 10.1. The van der Waals surface area contributed by atoms with Crippen molar-refractivity contribution in [1.29, 1.82) is 0 Å². The Bertz CT molecular complexity index is 525. The van der Waals surface area contributed by atoms with Crippen LogP contribution in [0.2, 0.25) is 0 Å². The smallest absolute Gasteiger partial charge is 0.153 e. The zero-order valence-corrected chi connectivity index (χ0v) is 13.1. The fourth-order valence-electron chi connectivity index (χ4n) is 2.51. The van der Waals surface area contributed by atoms with Crippen molar-refractivity contribution in [2.24, 2.45) is 0 Å². The van der Waals surface area contributed by atoms with Gasteiger partial charge in [-0.3, -0.25) is 0 Å². The van der Waals surface area contributed by atoms with Crippen LogP contribution in [-0.2, 0) is 16.4 Å². The highest BCUT2D eigenvalue weighted by molar-refractivity contribution is 7.91. The van der Waals surface area contributed by atoms with Crippen LogP contribution in [-0.4, -0.2) is 51.0 Å². The molecule has 0 saturated carbocycles. The van der Waals surface area contributed by atoms with Gasteiger partial charge in [0, 0.05) is 19.1 Å². The molecule has 0 bridgehead atoms. The normalized spacial score (nSPS) is 22.1. The van der Waals surface area contributed by atoms with Gasteiger partial charge in [0.25, 0.3) is 0 Å². The minimum absolute atomic E-state index is 0.106. The number of nitrogens with one attached hydrogen (secondary N) is 1. The van der Waals surface area contributed by atoms with Gasteiger partial charge in [-0.1, -0.05) is 29.8 Å². The van der Waals surface area contributed by atoms with Gasteiger partial charge < -0.3 is 10.2 Å². The number of nitrogens with zero attached hydrogens (tertiary/aromatic N) is 1. The first kappa shape index (κ1) is 15.5. The van der Waals surface area contributed by atoms with E-state index in [0.717, 1.165) is 19.5 Å². The van der Waals surface area contributed by atoms with Crippen LogP contribution in [0.25, 0.3) is 0 Å². The number of rotatable bonds is 5. The van der Waals surface area contributed by atoms with Crippen molar-refractivity contribution in [2.45, 2.75) is 25.9 Å². The molecule has 1 aliphatic rings. The molecule has 0 radical (unpaired) electrons. The van der Waals surface area contributed by atoms with Crippen LogP contribution < -0.4 is 5.32 Å². The van der Waals surface area contributed by atoms with E-state index in [1.807, 2.05) is 0 Å². The van der Waals surface area contributed by atoms with E-state index in [1.54, 1.807) is 0 Å². The lowest BCUT2D eigenvalue weighted by Gasteiger charge is -2.26. The van der Waals surface area contributed by atoms with Crippen LogP contribution in [0.4, 0.5) is 0 Å². The second-order valence-electron chi connectivity index (χ2n) is 5.78. The van der Waals surface area contributed by atoms with Gasteiger partial charge in [0.05, 0.1) is 11.5 Å². The number of hydrogen-bond donors (Lipinski definition) is 1. The van der Waals surface area contributed by atoms with E-state index in [1.165, 1.54) is 11.1 Å². The molecule has 1 aromatic carbocycles. The third-order valence-corrected chi connectivity index (χ3v) is 5.47. The Hall–Kier alpha value is -0.910. The van der Waals surface area contributed by atoms with Crippen LogP contribution in [0, 0.1) is 6.92 Å². The summed E-state index contributed by atoms with van der Waals surface area (Å²) in [7, 11) is -0.744. The summed E-state index contributed by atoms with van der Waals surface area (Å²) >= 11 is 0. The molecule has 1 unspecified atom stereocenters. The van der Waals surface area contributed by atoms with Gasteiger partial charge in [-0.15, -0.1) is 0 Å². The molecular formula is C15H24N2O2S. The molecule has 1 aromatic rings. The third-order valence-electron chi connectivity index (χ3n) is 3.73. The summed E-state index contributed by atoms with van der Waals surface area (Å²) in [5, 5.41) is 3.30. The molecule has 5 heteroatoms. The van der Waals surface area contributed by atoms with Gasteiger partial charge in [-0.2, -0.15) is 0 Å². The van der Waals surface area contributed by atoms with Crippen molar-refractivity contribution in [3.05, 3.63) is 35.4 Å². The van der Waals surface area contributed by atoms with Gasteiger partial charge >= 0.3 is 0 Å². The molecule has 0 amide bonds. The van der Waals surface area contributed by atoms with E-state index in [-0.39, 0.29) is 17.5 Å². The van der Waals surface area contributed by atoms with Crippen molar-refractivity contribution in [1.82, 2.24) is 10.2 Å². The number of aryl methyl sites for hydroxylation is 1. The minimum atomic E-state index is -2.82. The molecule has 2 rings (SSSR count). The SMILES string of the molecule is Cc1ccc(CN(C)CCC2CS(=O)(=O)CCN2)cc1. The molecule has 1 heterocycles. The van der Waals surface area contributed by atoms with Crippen molar-refractivity contribution in [3.8, 4) is 0 Å². The predicted molar refractivity (Wildman–Crippen MR) is 82.6 cm³/mol. The monoisotopic (exact) mass is 296 g/mol. The van der Waals surface area contributed by atoms with E-state index in [4.69, 9.17) is 0 Å². The molecule has 4 nitrogen and oxygen atoms in total. The van der Waals surface area contributed by atoms with Crippen LogP contribution in [0.5, 0.6) is 0 Å². The average Bonchev–Trinajstić information content (AvgIpc) is 2.38. The van der Waals surface area contributed by atoms with E-state index in [9.17, 15) is 8.42 Å². The first-order valence-electron chi connectivity index (χ1n) is 7.12. The Morgan fingerprint density at radius 2 is 2.00 bits per heavy atom. The van der Waals surface area contributed by atoms with Gasteiger partial charge in [0.15, 0.2) is 9.84 Å². The third kappa shape index (κ3) is 4.89. The average molecular weight is 296 g/mol. The summed E-state index contributed by atoms with van der Waals surface area (Å²) in [5.41, 5.74) is 2.57. The molecule has 1 aliphatic heterocycles. The quantitative estimate of drug-likeness (QED) is 0.887. The maximum Gasteiger partial charge on any atom is 0.153 e. The van der Waals surface area contributed by atoms with Crippen molar-refractivity contribution < 1.29 is 8.42 Å². The fraction of sp³-hybridized carbons (Fsp3) is 0.600. The van der Waals surface area contributed by atoms with Gasteiger partial charge in [-0.05, 0) is 32.5 Å². The van der Waals surface area contributed by atoms with Crippen molar-refractivity contribution in [2.75, 3.05) is 31.6 Å². The Balaban J connectivity index is 1.77. The predicted octanol–water partition coefficient (Wildman–Crippen LogP) is 1.20. The Kier molecular flexibility index (Phi) is 5.18. The summed E-state index contributed by atoms with van der Waals surface area (Å²) in [6, 6.07) is 8.65. The topological polar surface area (TPSA) is 49.4 Å². The van der Waals surface area contributed by atoms with Crippen LogP contribution in [0.1, 0.15) is 17.5 Å². The number of sulfone groups is 1. The summed E-state index contributed by atoms with van der Waals surface area (Å²) in [4.78, 5) is 2.24. The summed E-state index contributed by atoms with van der Waals surface area (Å²) in [5.74, 6) is 0.564. The highest BCUT2D eigenvalue weighted by Crippen LogP contribution is 2.09. The molecule has 20 heavy (non-hydrogen) atoms. The molecule has 112 valence electrons. The lowest BCUT2D eigenvalue weighted by Crippen LogP contribution is -2.46. The maximum atomic E-state index is 11.6. The van der Waals surface area contributed by atoms with Gasteiger partial charge in [0.2, 0.25) is 0 Å². The Morgan fingerprint density at radius 1 is 1.30 bits per heavy atom. The molecule has 0 aliphatic carbocycles. The number of benzene rings is 1. The first-order valence-corrected chi connectivity index (χ1v) is 8.95. The highest BCUT2D eigenvalue weighted by Gasteiger charge is 2.23. The second-order valence-corrected chi connectivity index (χ2v) is 8.01. The molecule has 0 spiro atoms. The Labute approximate surface area is 122 Å². The second kappa shape index (κ2) is 6.70. The molecule has 1 fully saturated rings. The zero-order chi connectivity index (χ0) is 14.6. The summed E-state index contributed by atoms with van der Waals surface area (Å²) in [6.07, 6.45) is 0.877. The lowest BCUT2D eigenvalue weighted by molar-refractivity contribution is 0.303. The van der Waals surface area contributed by atoms with E-state index < -0.39 is 9.84 Å². The first-order chi connectivity index (χ1) is 9.44. The highest BCUT2D eigenvalue weighted by atomic mass is 32.2. The standard InChI is InChI=1S/C15H24N2O2S/c1-13-3-5-14(6-4-13)11-17(2)9-7-15-12-20(18,19)10-8-16-15/h3-6,15-16H,7-12H2,1-2H3. The summed E-state index contributed by atoms with van der Waals surface area (Å²) < 4.78 is 23.1. The molecular weight excluding hydrogens is 272 g/mol. The van der Waals surface area contributed by atoms with E-state index >= 15 is 0 Å². The fourth-order valence-corrected chi connectivity index (χ4v) is 4.01. The molecule has 1 atom stereocenters.